The van der Waals surface area contributed by atoms with E-state index < -0.39 is 11.6 Å². The Bertz CT molecular complexity index is 501. The zero-order chi connectivity index (χ0) is 22.4. The average Bonchev–Trinajstić information content (AvgIpc) is 3.06. The van der Waals surface area contributed by atoms with E-state index in [1.807, 2.05) is 0 Å². The van der Waals surface area contributed by atoms with E-state index in [1.165, 1.54) is 18.4 Å². The number of hydrogen-bond donors (Lipinski definition) is 3. The highest BCUT2D eigenvalue weighted by Crippen LogP contribution is 2.38. The highest BCUT2D eigenvalue weighted by molar-refractivity contribution is 5.66. The van der Waals surface area contributed by atoms with Crippen molar-refractivity contribution in [2.45, 2.75) is 135 Å². The SMILES string of the molecule is CCCCCC(O)(CC=C1CC[C@H](O)[C@@H]1CCCCCCC(=O)O)C(C)CCCC. The van der Waals surface area contributed by atoms with Crippen molar-refractivity contribution in [3.05, 3.63) is 11.6 Å². The van der Waals surface area contributed by atoms with Gasteiger partial charge >= 0.3 is 5.97 Å². The van der Waals surface area contributed by atoms with Crippen LogP contribution >= 0.6 is 0 Å². The molecule has 3 N–H and O–H groups in total. The van der Waals surface area contributed by atoms with Crippen LogP contribution in [-0.2, 0) is 4.79 Å². The molecule has 0 saturated heterocycles. The van der Waals surface area contributed by atoms with Crippen molar-refractivity contribution in [1.29, 1.82) is 0 Å². The molecule has 1 rings (SSSR count). The van der Waals surface area contributed by atoms with Gasteiger partial charge < -0.3 is 15.3 Å². The molecule has 1 fully saturated rings. The van der Waals surface area contributed by atoms with Crippen LogP contribution in [0.15, 0.2) is 11.6 Å². The lowest BCUT2D eigenvalue weighted by atomic mass is 9.78. The van der Waals surface area contributed by atoms with Crippen LogP contribution in [0.25, 0.3) is 0 Å². The lowest BCUT2D eigenvalue weighted by Gasteiger charge is -2.34. The molecule has 0 bridgehead atoms. The molecule has 1 aliphatic carbocycles. The largest absolute Gasteiger partial charge is 0.481 e. The highest BCUT2D eigenvalue weighted by Gasteiger charge is 2.34. The second kappa shape index (κ2) is 15.0. The summed E-state index contributed by atoms with van der Waals surface area (Å²) in [4.78, 5) is 10.6. The van der Waals surface area contributed by atoms with E-state index in [4.69, 9.17) is 5.11 Å². The summed E-state index contributed by atoms with van der Waals surface area (Å²) in [5.74, 6) is -0.202. The van der Waals surface area contributed by atoms with Crippen LogP contribution in [0.1, 0.15) is 124 Å². The molecular formula is C26H48O4. The first kappa shape index (κ1) is 27.2. The molecule has 4 heteroatoms. The molecule has 0 heterocycles. The van der Waals surface area contributed by atoms with E-state index in [0.29, 0.717) is 12.3 Å². The van der Waals surface area contributed by atoms with E-state index in [9.17, 15) is 15.0 Å². The fourth-order valence-corrected chi connectivity index (χ4v) is 4.89. The summed E-state index contributed by atoms with van der Waals surface area (Å²) < 4.78 is 0. The Morgan fingerprint density at radius 3 is 2.47 bits per heavy atom. The molecule has 0 aromatic rings. The van der Waals surface area contributed by atoms with Crippen molar-refractivity contribution in [3.8, 4) is 0 Å². The fraction of sp³-hybridized carbons (Fsp3) is 0.885. The molecule has 0 aromatic carbocycles. The van der Waals surface area contributed by atoms with Crippen LogP contribution in [0, 0.1) is 11.8 Å². The van der Waals surface area contributed by atoms with E-state index in [0.717, 1.165) is 77.0 Å². The average molecular weight is 425 g/mol. The van der Waals surface area contributed by atoms with Gasteiger partial charge in [-0.05, 0) is 50.9 Å². The molecule has 4 nitrogen and oxygen atoms in total. The Kier molecular flexibility index (Phi) is 13.6. The van der Waals surface area contributed by atoms with Crippen molar-refractivity contribution in [1.82, 2.24) is 0 Å². The van der Waals surface area contributed by atoms with Crippen LogP contribution in [0.2, 0.25) is 0 Å². The summed E-state index contributed by atoms with van der Waals surface area (Å²) in [6, 6.07) is 0. The third kappa shape index (κ3) is 9.96. The lowest BCUT2D eigenvalue weighted by molar-refractivity contribution is -0.137. The molecule has 0 radical (unpaired) electrons. The summed E-state index contributed by atoms with van der Waals surface area (Å²) in [6.45, 7) is 6.61. The third-order valence-electron chi connectivity index (χ3n) is 7.16. The Labute approximate surface area is 185 Å². The van der Waals surface area contributed by atoms with Crippen LogP contribution in [0.5, 0.6) is 0 Å². The number of carboxylic acid groups (broad SMARTS) is 1. The molecule has 0 spiro atoms. The van der Waals surface area contributed by atoms with Crippen LogP contribution in [0.3, 0.4) is 0 Å². The second-order valence-corrected chi connectivity index (χ2v) is 9.65. The molecule has 176 valence electrons. The Balaban J connectivity index is 2.64. The van der Waals surface area contributed by atoms with Gasteiger partial charge in [-0.25, -0.2) is 0 Å². The monoisotopic (exact) mass is 424 g/mol. The molecule has 4 atom stereocenters. The van der Waals surface area contributed by atoms with Gasteiger partial charge in [-0.3, -0.25) is 4.79 Å². The maximum Gasteiger partial charge on any atom is 0.303 e. The van der Waals surface area contributed by atoms with Gasteiger partial charge in [-0.1, -0.05) is 83.8 Å². The predicted molar refractivity (Wildman–Crippen MR) is 125 cm³/mol. The Morgan fingerprint density at radius 1 is 1.10 bits per heavy atom. The van der Waals surface area contributed by atoms with Crippen LogP contribution in [0.4, 0.5) is 0 Å². The number of rotatable bonds is 17. The van der Waals surface area contributed by atoms with Crippen molar-refractivity contribution >= 4 is 5.97 Å². The summed E-state index contributed by atoms with van der Waals surface area (Å²) in [7, 11) is 0. The van der Waals surface area contributed by atoms with Crippen molar-refractivity contribution in [2.75, 3.05) is 0 Å². The predicted octanol–water partition coefficient (Wildman–Crippen LogP) is 6.64. The minimum atomic E-state index is -0.717. The van der Waals surface area contributed by atoms with E-state index >= 15 is 0 Å². The van der Waals surface area contributed by atoms with Crippen LogP contribution in [-0.4, -0.2) is 33.0 Å². The first-order chi connectivity index (χ1) is 14.3. The van der Waals surface area contributed by atoms with E-state index in [1.54, 1.807) is 0 Å². The van der Waals surface area contributed by atoms with E-state index in [-0.39, 0.29) is 18.4 Å². The number of unbranched alkanes of at least 4 members (excludes halogenated alkanes) is 6. The fourth-order valence-electron chi connectivity index (χ4n) is 4.89. The first-order valence-corrected chi connectivity index (χ1v) is 12.6. The van der Waals surface area contributed by atoms with Gasteiger partial charge in [0.15, 0.2) is 0 Å². The Hall–Kier alpha value is -0.870. The summed E-state index contributed by atoms with van der Waals surface area (Å²) in [5, 5.41) is 30.7. The zero-order valence-electron chi connectivity index (χ0n) is 19.9. The second-order valence-electron chi connectivity index (χ2n) is 9.65. The normalized spacial score (nSPS) is 23.6. The summed E-state index contributed by atoms with van der Waals surface area (Å²) in [6.07, 6.45) is 17.1. The van der Waals surface area contributed by atoms with Gasteiger partial charge in [0.25, 0.3) is 0 Å². The van der Waals surface area contributed by atoms with Crippen molar-refractivity contribution in [3.63, 3.8) is 0 Å². The summed E-state index contributed by atoms with van der Waals surface area (Å²) in [5.41, 5.74) is 0.705. The minimum Gasteiger partial charge on any atom is -0.481 e. The number of aliphatic carboxylic acids is 1. The number of carboxylic acids is 1. The van der Waals surface area contributed by atoms with Gasteiger partial charge in [0, 0.05) is 12.3 Å². The first-order valence-electron chi connectivity index (χ1n) is 12.6. The molecule has 0 aromatic heterocycles. The maximum atomic E-state index is 11.5. The Morgan fingerprint density at radius 2 is 1.80 bits per heavy atom. The molecule has 30 heavy (non-hydrogen) atoms. The van der Waals surface area contributed by atoms with E-state index in [2.05, 4.69) is 26.8 Å². The third-order valence-corrected chi connectivity index (χ3v) is 7.16. The van der Waals surface area contributed by atoms with Gasteiger partial charge in [0.2, 0.25) is 0 Å². The van der Waals surface area contributed by atoms with Crippen LogP contribution < -0.4 is 0 Å². The molecule has 0 aliphatic heterocycles. The molecular weight excluding hydrogens is 376 g/mol. The van der Waals surface area contributed by atoms with Gasteiger partial charge in [-0.15, -0.1) is 0 Å². The highest BCUT2D eigenvalue weighted by atomic mass is 16.4. The number of aliphatic hydroxyl groups is 2. The maximum absolute atomic E-state index is 11.5. The van der Waals surface area contributed by atoms with Gasteiger partial charge in [0.1, 0.15) is 0 Å². The smallest absolute Gasteiger partial charge is 0.303 e. The van der Waals surface area contributed by atoms with Crippen molar-refractivity contribution in [2.24, 2.45) is 11.8 Å². The standard InChI is InChI=1S/C26H48O4/c1-4-6-12-19-26(30,21(3)13-7-5-2)20-18-22-16-17-24(27)23(22)14-10-8-9-11-15-25(28)29/h18,21,23-24,27,30H,4-17,19-20H2,1-3H3,(H,28,29)/t21?,23-,24+,26?/m1/s1. The zero-order valence-corrected chi connectivity index (χ0v) is 19.9. The lowest BCUT2D eigenvalue weighted by Crippen LogP contribution is -2.36. The topological polar surface area (TPSA) is 77.8 Å². The number of aliphatic hydroxyl groups excluding tert-OH is 1. The number of carbonyl (C=O) groups is 1. The number of hydrogen-bond acceptors (Lipinski definition) is 3. The van der Waals surface area contributed by atoms with Gasteiger partial charge in [0.05, 0.1) is 11.7 Å². The summed E-state index contributed by atoms with van der Waals surface area (Å²) >= 11 is 0. The molecule has 1 aliphatic rings. The van der Waals surface area contributed by atoms with Gasteiger partial charge in [-0.2, -0.15) is 0 Å². The molecule has 2 unspecified atom stereocenters. The molecule has 1 saturated carbocycles. The minimum absolute atomic E-state index is 0.218. The molecule has 0 amide bonds. The van der Waals surface area contributed by atoms with Crippen molar-refractivity contribution < 1.29 is 20.1 Å². The quantitative estimate of drug-likeness (QED) is 0.181.